The first-order chi connectivity index (χ1) is 15.5. The number of carbonyl (C=O) groups is 1. The first-order valence-electron chi connectivity index (χ1n) is 10.3. The highest BCUT2D eigenvalue weighted by Crippen LogP contribution is 2.39. The summed E-state index contributed by atoms with van der Waals surface area (Å²) in [6.45, 7) is 6.75. The van der Waals surface area contributed by atoms with Crippen LogP contribution in [0.1, 0.15) is 20.1 Å². The minimum Gasteiger partial charge on any atom is -0.378 e. The number of hydrogen-bond donors (Lipinski definition) is 1. The fourth-order valence-electron chi connectivity index (χ4n) is 3.80. The van der Waals surface area contributed by atoms with Gasteiger partial charge in [0, 0.05) is 23.5 Å². The maximum Gasteiger partial charge on any atom is 0.281 e. The van der Waals surface area contributed by atoms with Crippen molar-refractivity contribution in [3.8, 4) is 11.1 Å². The number of ether oxygens (including phenoxy) is 1. The molecule has 0 spiro atoms. The van der Waals surface area contributed by atoms with E-state index in [2.05, 4.69) is 15.3 Å². The quantitative estimate of drug-likeness (QED) is 0.492. The summed E-state index contributed by atoms with van der Waals surface area (Å²) >= 11 is 2.91. The molecule has 1 saturated heterocycles. The molecule has 3 aromatic heterocycles. The van der Waals surface area contributed by atoms with Crippen LogP contribution in [-0.4, -0.2) is 41.9 Å². The van der Waals surface area contributed by atoms with E-state index in [1.54, 1.807) is 0 Å². The fourth-order valence-corrected chi connectivity index (χ4v) is 5.91. The maximum absolute atomic E-state index is 13.1. The van der Waals surface area contributed by atoms with E-state index in [1.165, 1.54) is 33.7 Å². The Bertz CT molecular complexity index is 1350. The van der Waals surface area contributed by atoms with Gasteiger partial charge in [0.1, 0.15) is 11.2 Å². The van der Waals surface area contributed by atoms with E-state index in [0.29, 0.717) is 28.3 Å². The molecular formula is C23H22N4O3S2. The third kappa shape index (κ3) is 3.72. The summed E-state index contributed by atoms with van der Waals surface area (Å²) < 4.78 is 6.68. The summed E-state index contributed by atoms with van der Waals surface area (Å²) in [5.41, 5.74) is 5.42. The van der Waals surface area contributed by atoms with Crippen LogP contribution in [0.15, 0.2) is 47.5 Å². The number of benzene rings is 1. The van der Waals surface area contributed by atoms with Gasteiger partial charge in [-0.3, -0.25) is 15.0 Å². The second-order valence-electron chi connectivity index (χ2n) is 7.62. The number of morpholine rings is 1. The second kappa shape index (κ2) is 8.50. The summed E-state index contributed by atoms with van der Waals surface area (Å²) in [4.78, 5) is 35.0. The molecule has 0 saturated carbocycles. The van der Waals surface area contributed by atoms with Gasteiger partial charge in [-0.1, -0.05) is 30.3 Å². The SMILES string of the molecule is Cc1sc2ncn(NC(=O)c3cc(-c4ccccc4)c(N4CCOCC4)s3)c(=O)c2c1C. The Morgan fingerprint density at radius 1 is 1.12 bits per heavy atom. The average Bonchev–Trinajstić information content (AvgIpc) is 3.39. The predicted molar refractivity (Wildman–Crippen MR) is 130 cm³/mol. The van der Waals surface area contributed by atoms with Crippen LogP contribution < -0.4 is 15.9 Å². The van der Waals surface area contributed by atoms with Gasteiger partial charge in [0.2, 0.25) is 0 Å². The number of hydrogen-bond acceptors (Lipinski definition) is 7. The van der Waals surface area contributed by atoms with Gasteiger partial charge < -0.3 is 9.64 Å². The van der Waals surface area contributed by atoms with Crippen molar-refractivity contribution < 1.29 is 9.53 Å². The van der Waals surface area contributed by atoms with E-state index < -0.39 is 0 Å². The van der Waals surface area contributed by atoms with Crippen LogP contribution in [0.5, 0.6) is 0 Å². The topological polar surface area (TPSA) is 76.5 Å². The van der Waals surface area contributed by atoms with Crippen LogP contribution in [0, 0.1) is 13.8 Å². The van der Waals surface area contributed by atoms with Crippen molar-refractivity contribution in [2.45, 2.75) is 13.8 Å². The molecule has 1 amide bonds. The molecule has 32 heavy (non-hydrogen) atoms. The van der Waals surface area contributed by atoms with Crippen LogP contribution in [0.4, 0.5) is 5.00 Å². The Hall–Kier alpha value is -3.01. The van der Waals surface area contributed by atoms with Gasteiger partial charge in [0.15, 0.2) is 0 Å². The highest BCUT2D eigenvalue weighted by molar-refractivity contribution is 7.19. The largest absolute Gasteiger partial charge is 0.378 e. The number of rotatable bonds is 4. The monoisotopic (exact) mass is 466 g/mol. The molecule has 9 heteroatoms. The zero-order valence-electron chi connectivity index (χ0n) is 17.8. The van der Waals surface area contributed by atoms with Crippen molar-refractivity contribution in [3.63, 3.8) is 0 Å². The number of fused-ring (bicyclic) bond motifs is 1. The van der Waals surface area contributed by atoms with Gasteiger partial charge in [-0.25, -0.2) is 9.66 Å². The van der Waals surface area contributed by atoms with Crippen LogP contribution in [-0.2, 0) is 4.74 Å². The lowest BCUT2D eigenvalue weighted by molar-refractivity contribution is 0.101. The van der Waals surface area contributed by atoms with Crippen molar-refractivity contribution in [2.75, 3.05) is 36.6 Å². The van der Waals surface area contributed by atoms with Crippen LogP contribution >= 0.6 is 22.7 Å². The van der Waals surface area contributed by atoms with Crippen molar-refractivity contribution >= 4 is 43.8 Å². The zero-order chi connectivity index (χ0) is 22.2. The standard InChI is InChI=1S/C23H22N4O3S2/c1-14-15(2)31-21-19(14)22(29)27(13-24-21)25-20(28)18-12-17(16-6-4-3-5-7-16)23(32-18)26-8-10-30-11-9-26/h3-7,12-13H,8-11H2,1-2H3,(H,25,28). The lowest BCUT2D eigenvalue weighted by atomic mass is 10.1. The van der Waals surface area contributed by atoms with Crippen LogP contribution in [0.2, 0.25) is 0 Å². The maximum atomic E-state index is 13.1. The van der Waals surface area contributed by atoms with Gasteiger partial charge >= 0.3 is 0 Å². The molecule has 0 aliphatic carbocycles. The van der Waals surface area contributed by atoms with Crippen LogP contribution in [0.25, 0.3) is 21.3 Å². The Morgan fingerprint density at radius 3 is 2.62 bits per heavy atom. The number of nitrogens with zero attached hydrogens (tertiary/aromatic N) is 3. The highest BCUT2D eigenvalue weighted by atomic mass is 32.1. The number of anilines is 1. The second-order valence-corrected chi connectivity index (χ2v) is 9.85. The number of aryl methyl sites for hydroxylation is 2. The van der Waals surface area contributed by atoms with Crippen molar-refractivity contribution in [1.29, 1.82) is 0 Å². The molecule has 1 aliphatic heterocycles. The number of thiophene rings is 2. The van der Waals surface area contributed by atoms with Gasteiger partial charge in [-0.05, 0) is 31.0 Å². The molecule has 0 atom stereocenters. The molecule has 164 valence electrons. The summed E-state index contributed by atoms with van der Waals surface area (Å²) in [5, 5.41) is 1.59. The molecule has 0 bridgehead atoms. The third-order valence-corrected chi connectivity index (χ3v) is 7.94. The number of aromatic nitrogens is 2. The predicted octanol–water partition coefficient (Wildman–Crippen LogP) is 4.02. The molecule has 4 heterocycles. The summed E-state index contributed by atoms with van der Waals surface area (Å²) in [6, 6.07) is 11.9. The smallest absolute Gasteiger partial charge is 0.281 e. The number of amides is 1. The van der Waals surface area contributed by atoms with E-state index in [0.717, 1.165) is 39.7 Å². The Kier molecular flexibility index (Phi) is 5.54. The van der Waals surface area contributed by atoms with Gasteiger partial charge in [-0.15, -0.1) is 22.7 Å². The van der Waals surface area contributed by atoms with Crippen molar-refractivity contribution in [1.82, 2.24) is 9.66 Å². The number of nitrogens with one attached hydrogen (secondary N) is 1. The van der Waals surface area contributed by atoms with Crippen molar-refractivity contribution in [2.24, 2.45) is 0 Å². The summed E-state index contributed by atoms with van der Waals surface area (Å²) in [7, 11) is 0. The zero-order valence-corrected chi connectivity index (χ0v) is 19.4. The summed E-state index contributed by atoms with van der Waals surface area (Å²) in [5.74, 6) is -0.334. The fraction of sp³-hybridized carbons (Fsp3) is 0.261. The number of carbonyl (C=O) groups excluding carboxylic acids is 1. The highest BCUT2D eigenvalue weighted by Gasteiger charge is 2.22. The Labute approximate surface area is 192 Å². The van der Waals surface area contributed by atoms with Crippen LogP contribution in [0.3, 0.4) is 0 Å². The molecule has 7 nitrogen and oxygen atoms in total. The summed E-state index contributed by atoms with van der Waals surface area (Å²) in [6.07, 6.45) is 1.38. The third-order valence-electron chi connectivity index (χ3n) is 5.63. The minimum atomic E-state index is -0.334. The molecule has 0 unspecified atom stereocenters. The molecule has 5 rings (SSSR count). The lowest BCUT2D eigenvalue weighted by Crippen LogP contribution is -2.36. The van der Waals surface area contributed by atoms with E-state index in [-0.39, 0.29) is 11.5 Å². The molecule has 4 aromatic rings. The lowest BCUT2D eigenvalue weighted by Gasteiger charge is -2.28. The first kappa shape index (κ1) is 20.9. The van der Waals surface area contributed by atoms with E-state index in [4.69, 9.17) is 4.74 Å². The molecule has 1 aromatic carbocycles. The Balaban J connectivity index is 1.51. The van der Waals surface area contributed by atoms with E-state index in [9.17, 15) is 9.59 Å². The van der Waals surface area contributed by atoms with Gasteiger partial charge in [-0.2, -0.15) is 0 Å². The first-order valence-corrected chi connectivity index (χ1v) is 12.0. The molecule has 1 fully saturated rings. The van der Waals surface area contributed by atoms with E-state index >= 15 is 0 Å². The minimum absolute atomic E-state index is 0.265. The molecule has 0 radical (unpaired) electrons. The Morgan fingerprint density at radius 2 is 1.88 bits per heavy atom. The molecular weight excluding hydrogens is 444 g/mol. The average molecular weight is 467 g/mol. The van der Waals surface area contributed by atoms with E-state index in [1.807, 2.05) is 50.2 Å². The molecule has 1 N–H and O–H groups in total. The molecule has 1 aliphatic rings. The van der Waals surface area contributed by atoms with Crippen molar-refractivity contribution in [3.05, 3.63) is 68.4 Å². The van der Waals surface area contributed by atoms with Gasteiger partial charge in [0.05, 0.1) is 28.5 Å². The van der Waals surface area contributed by atoms with Gasteiger partial charge in [0.25, 0.3) is 11.5 Å². The normalized spacial score (nSPS) is 14.1.